The zero-order valence-electron chi connectivity index (χ0n) is 15.8. The highest BCUT2D eigenvalue weighted by Crippen LogP contribution is 2.13. The molecule has 8 heteroatoms. The third kappa shape index (κ3) is 5.94. The summed E-state index contributed by atoms with van der Waals surface area (Å²) >= 11 is 0. The predicted molar refractivity (Wildman–Crippen MR) is 106 cm³/mol. The van der Waals surface area contributed by atoms with E-state index in [9.17, 15) is 13.2 Å². The van der Waals surface area contributed by atoms with Crippen LogP contribution in [0.2, 0.25) is 0 Å². The molecule has 152 valence electrons. The molecule has 0 unspecified atom stereocenters. The first-order valence-corrected chi connectivity index (χ1v) is 10.4. The Kier molecular flexibility index (Phi) is 6.69. The van der Waals surface area contributed by atoms with Crippen LogP contribution in [0.15, 0.2) is 76.2 Å². The average Bonchev–Trinajstić information content (AvgIpc) is 3.25. The summed E-state index contributed by atoms with van der Waals surface area (Å²) in [6, 6.07) is 16.4. The largest absolute Gasteiger partial charge is 0.490 e. The van der Waals surface area contributed by atoms with Crippen molar-refractivity contribution in [3.8, 4) is 5.75 Å². The van der Waals surface area contributed by atoms with Crippen molar-refractivity contribution in [2.24, 2.45) is 0 Å². The van der Waals surface area contributed by atoms with Gasteiger partial charge in [-0.2, -0.15) is 0 Å². The molecule has 1 heterocycles. The van der Waals surface area contributed by atoms with Gasteiger partial charge in [-0.15, -0.1) is 0 Å². The second-order valence-electron chi connectivity index (χ2n) is 6.23. The maximum absolute atomic E-state index is 12.3. The Labute approximate surface area is 169 Å². The molecule has 3 rings (SSSR count). The van der Waals surface area contributed by atoms with E-state index >= 15 is 0 Å². The number of carbonyl (C=O) groups excluding carboxylic acids is 1. The second-order valence-corrected chi connectivity index (χ2v) is 7.99. The molecule has 0 aliphatic rings. The third-order valence-electron chi connectivity index (χ3n) is 4.02. The highest BCUT2D eigenvalue weighted by molar-refractivity contribution is 7.89. The summed E-state index contributed by atoms with van der Waals surface area (Å²) in [7, 11) is -3.72. The zero-order chi connectivity index (χ0) is 20.7. The molecule has 29 heavy (non-hydrogen) atoms. The molecule has 0 aliphatic heterocycles. The maximum atomic E-state index is 12.3. The molecule has 0 radical (unpaired) electrons. The van der Waals surface area contributed by atoms with Gasteiger partial charge in [0.2, 0.25) is 10.0 Å². The van der Waals surface area contributed by atoms with Gasteiger partial charge in [0.25, 0.3) is 0 Å². The first-order valence-electron chi connectivity index (χ1n) is 8.93. The lowest BCUT2D eigenvalue weighted by molar-refractivity contribution is 0.0450. The normalized spacial score (nSPS) is 11.2. The van der Waals surface area contributed by atoms with Crippen LogP contribution in [0, 0.1) is 6.92 Å². The molecule has 7 nitrogen and oxygen atoms in total. The van der Waals surface area contributed by atoms with Crippen molar-refractivity contribution < 1.29 is 27.1 Å². The molecule has 0 saturated carbocycles. The van der Waals surface area contributed by atoms with Gasteiger partial charge in [-0.05, 0) is 55.5 Å². The highest BCUT2D eigenvalue weighted by Gasteiger charge is 2.16. The summed E-state index contributed by atoms with van der Waals surface area (Å²) in [5.74, 6) is 0.648. The summed E-state index contributed by atoms with van der Waals surface area (Å²) < 4.78 is 42.8. The fraction of sp³-hybridized carbons (Fsp3) is 0.190. The van der Waals surface area contributed by atoms with E-state index in [1.54, 1.807) is 12.1 Å². The lowest BCUT2D eigenvalue weighted by atomic mass is 10.2. The van der Waals surface area contributed by atoms with E-state index in [1.807, 2.05) is 31.2 Å². The Morgan fingerprint density at radius 3 is 2.38 bits per heavy atom. The van der Waals surface area contributed by atoms with Crippen LogP contribution in [0.3, 0.4) is 0 Å². The van der Waals surface area contributed by atoms with Gasteiger partial charge >= 0.3 is 5.97 Å². The summed E-state index contributed by atoms with van der Waals surface area (Å²) in [4.78, 5) is 12.1. The van der Waals surface area contributed by atoms with Crippen LogP contribution < -0.4 is 9.46 Å². The minimum Gasteiger partial charge on any atom is -0.490 e. The Bertz CT molecular complexity index is 1030. The van der Waals surface area contributed by atoms with Crippen LogP contribution in [0.25, 0.3) is 0 Å². The lowest BCUT2D eigenvalue weighted by Crippen LogP contribution is -2.23. The number of ether oxygens (including phenoxy) is 2. The van der Waals surface area contributed by atoms with Gasteiger partial charge in [-0.3, -0.25) is 0 Å². The van der Waals surface area contributed by atoms with Gasteiger partial charge < -0.3 is 13.9 Å². The lowest BCUT2D eigenvalue weighted by Gasteiger charge is -2.09. The third-order valence-corrected chi connectivity index (χ3v) is 5.44. The Hall–Kier alpha value is -3.10. The van der Waals surface area contributed by atoms with E-state index in [4.69, 9.17) is 13.9 Å². The van der Waals surface area contributed by atoms with Crippen LogP contribution in [-0.4, -0.2) is 27.6 Å². The number of aryl methyl sites for hydroxylation is 1. The van der Waals surface area contributed by atoms with Crippen molar-refractivity contribution in [1.82, 2.24) is 4.72 Å². The van der Waals surface area contributed by atoms with E-state index in [1.165, 1.54) is 30.5 Å². The molecule has 1 aromatic heterocycles. The van der Waals surface area contributed by atoms with Gasteiger partial charge in [-0.25, -0.2) is 17.9 Å². The SMILES string of the molecule is Cc1ccc(OCCOC(=O)c2ccc(S(=O)(=O)NCc3ccco3)cc2)cc1. The fourth-order valence-electron chi connectivity index (χ4n) is 2.44. The molecule has 0 amide bonds. The van der Waals surface area contributed by atoms with E-state index in [-0.39, 0.29) is 30.2 Å². The van der Waals surface area contributed by atoms with Crippen LogP contribution in [0.4, 0.5) is 0 Å². The molecule has 0 atom stereocenters. The summed E-state index contributed by atoms with van der Waals surface area (Å²) in [6.45, 7) is 2.33. The highest BCUT2D eigenvalue weighted by atomic mass is 32.2. The number of esters is 1. The minimum atomic E-state index is -3.72. The van der Waals surface area contributed by atoms with Gasteiger partial charge in [0, 0.05) is 0 Å². The van der Waals surface area contributed by atoms with E-state index in [2.05, 4.69) is 4.72 Å². The maximum Gasteiger partial charge on any atom is 0.338 e. The molecular weight excluding hydrogens is 394 g/mol. The summed E-state index contributed by atoms with van der Waals surface area (Å²) in [5.41, 5.74) is 1.38. The predicted octanol–water partition coefficient (Wildman–Crippen LogP) is 3.30. The second kappa shape index (κ2) is 9.40. The molecular formula is C21H21NO6S. The number of sulfonamides is 1. The van der Waals surface area contributed by atoms with Gasteiger partial charge in [-0.1, -0.05) is 17.7 Å². The van der Waals surface area contributed by atoms with Crippen molar-refractivity contribution in [1.29, 1.82) is 0 Å². The van der Waals surface area contributed by atoms with E-state index < -0.39 is 16.0 Å². The molecule has 0 spiro atoms. The van der Waals surface area contributed by atoms with E-state index in [0.29, 0.717) is 11.5 Å². The number of hydrogen-bond donors (Lipinski definition) is 1. The Morgan fingerprint density at radius 2 is 1.72 bits per heavy atom. The first kappa shape index (κ1) is 20.6. The first-order chi connectivity index (χ1) is 13.9. The van der Waals surface area contributed by atoms with Crippen molar-refractivity contribution in [2.45, 2.75) is 18.4 Å². The van der Waals surface area contributed by atoms with Crippen molar-refractivity contribution in [3.05, 3.63) is 83.8 Å². The van der Waals surface area contributed by atoms with Gasteiger partial charge in [0.1, 0.15) is 24.7 Å². The zero-order valence-corrected chi connectivity index (χ0v) is 16.6. The molecule has 2 aromatic carbocycles. The molecule has 1 N–H and O–H groups in total. The summed E-state index contributed by atoms with van der Waals surface area (Å²) in [5, 5.41) is 0. The molecule has 0 bridgehead atoms. The topological polar surface area (TPSA) is 94.8 Å². The fourth-order valence-corrected chi connectivity index (χ4v) is 3.44. The summed E-state index contributed by atoms with van der Waals surface area (Å²) in [6.07, 6.45) is 1.47. The number of hydrogen-bond acceptors (Lipinski definition) is 6. The van der Waals surface area contributed by atoms with Crippen molar-refractivity contribution in [2.75, 3.05) is 13.2 Å². The van der Waals surface area contributed by atoms with Crippen LogP contribution in [-0.2, 0) is 21.3 Å². The smallest absolute Gasteiger partial charge is 0.338 e. The molecule has 0 fully saturated rings. The Morgan fingerprint density at radius 1 is 1.00 bits per heavy atom. The number of rotatable bonds is 9. The number of carbonyl (C=O) groups is 1. The quantitative estimate of drug-likeness (QED) is 0.426. The number of furan rings is 1. The molecule has 0 aliphatic carbocycles. The average molecular weight is 415 g/mol. The van der Waals surface area contributed by atoms with Crippen molar-refractivity contribution >= 4 is 16.0 Å². The standard InChI is InChI=1S/C21H21NO6S/c1-16-4-8-18(9-5-16)27-13-14-28-21(23)17-6-10-20(11-7-17)29(24,25)22-15-19-3-2-12-26-19/h2-12,22H,13-15H2,1H3. The molecule has 0 saturated heterocycles. The van der Waals surface area contributed by atoms with Crippen molar-refractivity contribution in [3.63, 3.8) is 0 Å². The van der Waals surface area contributed by atoms with Crippen LogP contribution in [0.5, 0.6) is 5.75 Å². The monoisotopic (exact) mass is 415 g/mol. The number of nitrogens with one attached hydrogen (secondary N) is 1. The van der Waals surface area contributed by atoms with Gasteiger partial charge in [0.15, 0.2) is 0 Å². The number of benzene rings is 2. The Balaban J connectivity index is 1.48. The van der Waals surface area contributed by atoms with E-state index in [0.717, 1.165) is 5.56 Å². The van der Waals surface area contributed by atoms with Crippen LogP contribution >= 0.6 is 0 Å². The molecule has 3 aromatic rings. The van der Waals surface area contributed by atoms with Crippen LogP contribution in [0.1, 0.15) is 21.7 Å². The van der Waals surface area contributed by atoms with Gasteiger partial charge in [0.05, 0.1) is 23.3 Å². The minimum absolute atomic E-state index is 0.0418.